The Morgan fingerprint density at radius 2 is 0.645 bits per heavy atom. The van der Waals surface area contributed by atoms with E-state index in [9.17, 15) is 20.1 Å². The molecule has 0 aliphatic heterocycles. The lowest BCUT2D eigenvalue weighted by molar-refractivity contribution is -0.124. The van der Waals surface area contributed by atoms with Crippen LogP contribution in [0.15, 0.2) is 12.2 Å². The van der Waals surface area contributed by atoms with Gasteiger partial charge in [0.1, 0.15) is 6.10 Å². The summed E-state index contributed by atoms with van der Waals surface area (Å²) in [6.07, 6.45) is 65.2. The fourth-order valence-corrected chi connectivity index (χ4v) is 9.22. The van der Waals surface area contributed by atoms with Gasteiger partial charge in [-0.2, -0.15) is 0 Å². The van der Waals surface area contributed by atoms with Gasteiger partial charge in [-0.3, -0.25) is 4.79 Å². The van der Waals surface area contributed by atoms with Gasteiger partial charge in [0, 0.05) is 6.42 Å². The van der Waals surface area contributed by atoms with Crippen molar-refractivity contribution in [2.75, 3.05) is 6.61 Å². The Bertz CT molecular complexity index is 879. The minimum Gasteiger partial charge on any atom is -0.394 e. The van der Waals surface area contributed by atoms with E-state index in [0.717, 1.165) is 32.1 Å². The van der Waals surface area contributed by atoms with Gasteiger partial charge < -0.3 is 20.6 Å². The third-order valence-electron chi connectivity index (χ3n) is 13.6. The molecule has 1 amide bonds. The molecule has 4 N–H and O–H groups in total. The number of carbonyl (C=O) groups excluding carboxylic acids is 1. The Morgan fingerprint density at radius 1 is 0.387 bits per heavy atom. The van der Waals surface area contributed by atoms with Gasteiger partial charge in [-0.05, 0) is 38.5 Å². The van der Waals surface area contributed by atoms with Crippen LogP contribution in [0.25, 0.3) is 0 Å². The lowest BCUT2D eigenvalue weighted by atomic mass is 9.99. The van der Waals surface area contributed by atoms with Crippen molar-refractivity contribution in [3.8, 4) is 0 Å². The third kappa shape index (κ3) is 47.1. The Balaban J connectivity index is 3.46. The van der Waals surface area contributed by atoms with Crippen molar-refractivity contribution < 1.29 is 20.1 Å². The number of aliphatic hydroxyl groups is 3. The molecule has 0 aromatic carbocycles. The highest BCUT2D eigenvalue weighted by atomic mass is 16.3. The lowest BCUT2D eigenvalue weighted by Gasteiger charge is -2.26. The summed E-state index contributed by atoms with van der Waals surface area (Å²) in [5.41, 5.74) is 0. The van der Waals surface area contributed by atoms with E-state index in [1.54, 1.807) is 0 Å². The van der Waals surface area contributed by atoms with Crippen LogP contribution >= 0.6 is 0 Å². The summed E-state index contributed by atoms with van der Waals surface area (Å²) in [4.78, 5) is 12.5. The van der Waals surface area contributed by atoms with Crippen molar-refractivity contribution >= 4 is 5.91 Å². The molecule has 0 spiro atoms. The van der Waals surface area contributed by atoms with Gasteiger partial charge in [-0.15, -0.1) is 0 Å². The second-order valence-electron chi connectivity index (χ2n) is 19.9. The highest BCUT2D eigenvalue weighted by Gasteiger charge is 2.26. The molecule has 0 aromatic heterocycles. The van der Waals surface area contributed by atoms with Crippen molar-refractivity contribution in [1.82, 2.24) is 5.32 Å². The number of amides is 1. The largest absolute Gasteiger partial charge is 0.394 e. The molecule has 0 saturated carbocycles. The van der Waals surface area contributed by atoms with Crippen LogP contribution in [0.5, 0.6) is 0 Å². The third-order valence-corrected chi connectivity index (χ3v) is 13.6. The van der Waals surface area contributed by atoms with Gasteiger partial charge in [0.05, 0.1) is 18.8 Å². The van der Waals surface area contributed by atoms with Crippen LogP contribution in [0.2, 0.25) is 0 Å². The van der Waals surface area contributed by atoms with Gasteiger partial charge in [0.2, 0.25) is 5.91 Å². The maximum Gasteiger partial charge on any atom is 0.220 e. The van der Waals surface area contributed by atoms with Crippen molar-refractivity contribution in [3.63, 3.8) is 0 Å². The molecule has 0 aliphatic carbocycles. The summed E-state index contributed by atoms with van der Waals surface area (Å²) in [6, 6.07) is -0.805. The Hall–Kier alpha value is -0.910. The van der Waals surface area contributed by atoms with Crippen molar-refractivity contribution in [3.05, 3.63) is 12.2 Å². The lowest BCUT2D eigenvalue weighted by Crippen LogP contribution is -2.50. The van der Waals surface area contributed by atoms with E-state index >= 15 is 0 Å². The van der Waals surface area contributed by atoms with Crippen molar-refractivity contribution in [2.45, 2.75) is 340 Å². The molecule has 0 rings (SSSR count). The molecule has 3 unspecified atom stereocenters. The SMILES string of the molecule is CCCCCCCCCCCCCC/C=C\CCCCCCCCCCCCCCCCCCCC(=O)NC(CO)C(O)C(O)CCCCCCCCCCCCCCCCC. The standard InChI is InChI=1S/C57H113NO4/c1-3-5-7-9-11-13-15-17-19-20-21-22-23-24-25-26-27-28-29-30-31-32-33-34-35-36-38-40-42-44-46-48-50-52-56(61)58-54(53-59)57(62)55(60)51-49-47-45-43-41-39-37-18-16-14-12-10-8-6-4-2/h24-25,54-55,57,59-60,62H,3-23,26-53H2,1-2H3,(H,58,61)/b25-24-. The van der Waals surface area contributed by atoms with Gasteiger partial charge in [-0.1, -0.05) is 289 Å². The first-order valence-electron chi connectivity index (χ1n) is 28.5. The molecule has 3 atom stereocenters. The summed E-state index contributed by atoms with van der Waals surface area (Å²) in [7, 11) is 0. The molecule has 0 bridgehead atoms. The van der Waals surface area contributed by atoms with Crippen LogP contribution in [0.1, 0.15) is 322 Å². The zero-order chi connectivity index (χ0) is 45.1. The van der Waals surface area contributed by atoms with E-state index in [1.165, 1.54) is 263 Å². The highest BCUT2D eigenvalue weighted by Crippen LogP contribution is 2.18. The molecule has 0 saturated heterocycles. The van der Waals surface area contributed by atoms with Crippen molar-refractivity contribution in [2.24, 2.45) is 0 Å². The van der Waals surface area contributed by atoms with E-state index in [4.69, 9.17) is 0 Å². The minimum atomic E-state index is -1.13. The van der Waals surface area contributed by atoms with E-state index in [1.807, 2.05) is 0 Å². The zero-order valence-corrected chi connectivity index (χ0v) is 42.3. The Morgan fingerprint density at radius 3 is 0.935 bits per heavy atom. The predicted octanol–water partition coefficient (Wildman–Crippen LogP) is 17.5. The van der Waals surface area contributed by atoms with E-state index in [-0.39, 0.29) is 12.5 Å². The average molecular weight is 877 g/mol. The second-order valence-corrected chi connectivity index (χ2v) is 19.9. The summed E-state index contributed by atoms with van der Waals surface area (Å²) in [6.45, 7) is 4.21. The monoisotopic (exact) mass is 876 g/mol. The molecule has 370 valence electrons. The highest BCUT2D eigenvalue weighted by molar-refractivity contribution is 5.76. The number of unbranched alkanes of at least 4 members (excludes halogenated alkanes) is 43. The minimum absolute atomic E-state index is 0.138. The summed E-state index contributed by atoms with van der Waals surface area (Å²) in [5, 5.41) is 33.7. The first-order valence-corrected chi connectivity index (χ1v) is 28.5. The van der Waals surface area contributed by atoms with Crippen LogP contribution in [-0.2, 0) is 4.79 Å². The van der Waals surface area contributed by atoms with Crippen LogP contribution in [0.4, 0.5) is 0 Å². The molecule has 0 heterocycles. The van der Waals surface area contributed by atoms with Crippen LogP contribution < -0.4 is 5.32 Å². The van der Waals surface area contributed by atoms with E-state index in [2.05, 4.69) is 31.3 Å². The average Bonchev–Trinajstić information content (AvgIpc) is 3.28. The number of hydrogen-bond acceptors (Lipinski definition) is 4. The molecular formula is C57H113NO4. The molecule has 0 radical (unpaired) electrons. The number of aliphatic hydroxyl groups excluding tert-OH is 3. The summed E-state index contributed by atoms with van der Waals surface area (Å²) >= 11 is 0. The number of allylic oxidation sites excluding steroid dienone is 2. The Labute approximate surface area is 389 Å². The maximum atomic E-state index is 12.5. The number of hydrogen-bond donors (Lipinski definition) is 4. The molecular weight excluding hydrogens is 763 g/mol. The van der Waals surface area contributed by atoms with Crippen LogP contribution in [-0.4, -0.2) is 46.1 Å². The summed E-state index contributed by atoms with van der Waals surface area (Å²) in [5.74, 6) is -0.138. The molecule has 0 fully saturated rings. The molecule has 0 aliphatic rings. The Kier molecular flexibility index (Phi) is 51.9. The molecule has 62 heavy (non-hydrogen) atoms. The van der Waals surface area contributed by atoms with Gasteiger partial charge in [-0.25, -0.2) is 0 Å². The smallest absolute Gasteiger partial charge is 0.220 e. The van der Waals surface area contributed by atoms with E-state index < -0.39 is 18.2 Å². The zero-order valence-electron chi connectivity index (χ0n) is 42.3. The predicted molar refractivity (Wildman–Crippen MR) is 273 cm³/mol. The van der Waals surface area contributed by atoms with Crippen molar-refractivity contribution in [1.29, 1.82) is 0 Å². The fraction of sp³-hybridized carbons (Fsp3) is 0.947. The summed E-state index contributed by atoms with van der Waals surface area (Å²) < 4.78 is 0. The first kappa shape index (κ1) is 61.1. The first-order chi connectivity index (χ1) is 30.6. The second kappa shape index (κ2) is 52.7. The number of carbonyl (C=O) groups is 1. The maximum absolute atomic E-state index is 12.5. The van der Waals surface area contributed by atoms with Crippen LogP contribution in [0.3, 0.4) is 0 Å². The number of nitrogens with one attached hydrogen (secondary N) is 1. The van der Waals surface area contributed by atoms with Gasteiger partial charge >= 0.3 is 0 Å². The van der Waals surface area contributed by atoms with Crippen LogP contribution in [0, 0.1) is 0 Å². The van der Waals surface area contributed by atoms with Gasteiger partial charge in [0.15, 0.2) is 0 Å². The normalized spacial score (nSPS) is 13.3. The molecule has 5 heteroatoms. The fourth-order valence-electron chi connectivity index (χ4n) is 9.22. The topological polar surface area (TPSA) is 89.8 Å². The molecule has 5 nitrogen and oxygen atoms in total. The quantitative estimate of drug-likeness (QED) is 0.0362. The number of rotatable bonds is 53. The van der Waals surface area contributed by atoms with E-state index in [0.29, 0.717) is 12.8 Å². The van der Waals surface area contributed by atoms with Gasteiger partial charge in [0.25, 0.3) is 0 Å². The molecule has 0 aromatic rings.